The van der Waals surface area contributed by atoms with Crippen molar-refractivity contribution >= 4 is 38.9 Å². The van der Waals surface area contributed by atoms with Crippen LogP contribution in [0.15, 0.2) is 27.5 Å². The molecule has 2 heterocycles. The van der Waals surface area contributed by atoms with Crippen molar-refractivity contribution < 1.29 is 4.42 Å². The minimum absolute atomic E-state index is 0.115. The largest absolute Gasteiger partial charge is 0.457 e. The molecule has 0 saturated carbocycles. The topological polar surface area (TPSA) is 25.2 Å². The van der Waals surface area contributed by atoms with Crippen molar-refractivity contribution in [1.82, 2.24) is 5.32 Å². The Morgan fingerprint density at radius 3 is 2.75 bits per heavy atom. The SMILES string of the molecule is CNC(c1cc(C)c(Cl)s1)c1ccoc1Br. The summed E-state index contributed by atoms with van der Waals surface area (Å²) in [7, 11) is 1.92. The van der Waals surface area contributed by atoms with Gasteiger partial charge < -0.3 is 9.73 Å². The fourth-order valence-electron chi connectivity index (χ4n) is 1.59. The fraction of sp³-hybridized carbons (Fsp3) is 0.273. The van der Waals surface area contributed by atoms with Gasteiger partial charge in [0, 0.05) is 10.4 Å². The van der Waals surface area contributed by atoms with Gasteiger partial charge in [-0.05, 0) is 47.6 Å². The van der Waals surface area contributed by atoms with Gasteiger partial charge in [-0.3, -0.25) is 0 Å². The zero-order chi connectivity index (χ0) is 11.7. The lowest BCUT2D eigenvalue weighted by molar-refractivity contribution is 0.531. The molecule has 0 spiro atoms. The molecule has 16 heavy (non-hydrogen) atoms. The van der Waals surface area contributed by atoms with E-state index in [0.717, 1.165) is 20.1 Å². The highest BCUT2D eigenvalue weighted by Crippen LogP contribution is 2.36. The van der Waals surface area contributed by atoms with Gasteiger partial charge in [0.1, 0.15) is 0 Å². The van der Waals surface area contributed by atoms with Gasteiger partial charge in [0.2, 0.25) is 0 Å². The number of aryl methyl sites for hydroxylation is 1. The van der Waals surface area contributed by atoms with Crippen molar-refractivity contribution in [2.75, 3.05) is 7.05 Å². The summed E-state index contributed by atoms with van der Waals surface area (Å²) in [5.74, 6) is 0. The predicted octanol–water partition coefficient (Wildman–Crippen LogP) is 4.37. The molecule has 2 nitrogen and oxygen atoms in total. The lowest BCUT2D eigenvalue weighted by Gasteiger charge is -2.12. The molecule has 5 heteroatoms. The molecule has 2 aromatic heterocycles. The van der Waals surface area contributed by atoms with Gasteiger partial charge in [-0.1, -0.05) is 11.6 Å². The van der Waals surface area contributed by atoms with E-state index in [1.165, 1.54) is 4.88 Å². The molecule has 86 valence electrons. The van der Waals surface area contributed by atoms with Crippen LogP contribution >= 0.6 is 38.9 Å². The molecule has 0 aliphatic heterocycles. The van der Waals surface area contributed by atoms with E-state index in [0.29, 0.717) is 0 Å². The third-order valence-electron chi connectivity index (χ3n) is 2.41. The Labute approximate surface area is 112 Å². The van der Waals surface area contributed by atoms with Gasteiger partial charge in [-0.25, -0.2) is 0 Å². The van der Waals surface area contributed by atoms with Crippen LogP contribution in [0, 0.1) is 6.92 Å². The van der Waals surface area contributed by atoms with Crippen LogP contribution in [-0.2, 0) is 0 Å². The second-order valence-corrected chi connectivity index (χ2v) is 5.88. The summed E-state index contributed by atoms with van der Waals surface area (Å²) in [6, 6.07) is 4.17. The van der Waals surface area contributed by atoms with Gasteiger partial charge in [0.05, 0.1) is 16.6 Å². The van der Waals surface area contributed by atoms with Crippen LogP contribution in [0.3, 0.4) is 0 Å². The molecular weight excluding hydrogens is 310 g/mol. The smallest absolute Gasteiger partial charge is 0.174 e. The van der Waals surface area contributed by atoms with Gasteiger partial charge in [0.15, 0.2) is 4.67 Å². The third-order valence-corrected chi connectivity index (χ3v) is 4.67. The first-order valence-corrected chi connectivity index (χ1v) is 6.78. The Bertz CT molecular complexity index is 474. The van der Waals surface area contributed by atoms with Crippen molar-refractivity contribution in [3.8, 4) is 0 Å². The Kier molecular flexibility index (Phi) is 3.74. The van der Waals surface area contributed by atoms with Gasteiger partial charge in [-0.15, -0.1) is 11.3 Å². The Balaban J connectivity index is 2.40. The molecule has 2 rings (SSSR count). The minimum Gasteiger partial charge on any atom is -0.457 e. The summed E-state index contributed by atoms with van der Waals surface area (Å²) >= 11 is 11.1. The average molecular weight is 321 g/mol. The van der Waals surface area contributed by atoms with Crippen LogP contribution in [0.5, 0.6) is 0 Å². The molecule has 0 amide bonds. The molecule has 0 bridgehead atoms. The summed E-state index contributed by atoms with van der Waals surface area (Å²) in [4.78, 5) is 1.19. The normalized spacial score (nSPS) is 13.0. The fourth-order valence-corrected chi connectivity index (χ4v) is 3.40. The molecule has 2 aromatic rings. The van der Waals surface area contributed by atoms with Crippen molar-refractivity contribution in [2.24, 2.45) is 0 Å². The first kappa shape index (κ1) is 12.2. The average Bonchev–Trinajstić information content (AvgIpc) is 2.78. The summed E-state index contributed by atoms with van der Waals surface area (Å²) in [5.41, 5.74) is 2.20. The highest BCUT2D eigenvalue weighted by atomic mass is 79.9. The molecule has 0 fully saturated rings. The van der Waals surface area contributed by atoms with Gasteiger partial charge in [0.25, 0.3) is 0 Å². The first-order chi connectivity index (χ1) is 7.63. The van der Waals surface area contributed by atoms with Crippen molar-refractivity contribution in [1.29, 1.82) is 0 Å². The maximum atomic E-state index is 6.09. The van der Waals surface area contributed by atoms with Crippen molar-refractivity contribution in [3.63, 3.8) is 0 Å². The van der Waals surface area contributed by atoms with Crippen molar-refractivity contribution in [2.45, 2.75) is 13.0 Å². The zero-order valence-corrected chi connectivity index (χ0v) is 12.0. The van der Waals surface area contributed by atoms with E-state index in [1.54, 1.807) is 17.6 Å². The van der Waals surface area contributed by atoms with E-state index in [9.17, 15) is 0 Å². The van der Waals surface area contributed by atoms with E-state index in [2.05, 4.69) is 27.3 Å². The van der Waals surface area contributed by atoms with E-state index in [-0.39, 0.29) is 6.04 Å². The summed E-state index contributed by atoms with van der Waals surface area (Å²) in [6.45, 7) is 2.01. The number of halogens is 2. The van der Waals surface area contributed by atoms with Crippen LogP contribution < -0.4 is 5.32 Å². The number of hydrogen-bond donors (Lipinski definition) is 1. The lowest BCUT2D eigenvalue weighted by Crippen LogP contribution is -2.16. The monoisotopic (exact) mass is 319 g/mol. The first-order valence-electron chi connectivity index (χ1n) is 4.79. The predicted molar refractivity (Wildman–Crippen MR) is 71.4 cm³/mol. The Morgan fingerprint density at radius 1 is 1.56 bits per heavy atom. The Hall–Kier alpha value is -0.290. The minimum atomic E-state index is 0.115. The lowest BCUT2D eigenvalue weighted by atomic mass is 10.1. The standard InChI is InChI=1S/C11H11BrClNOS/c1-6-5-8(16-11(6)13)9(14-2)7-3-4-15-10(7)12/h3-5,9,14H,1-2H3. The maximum absolute atomic E-state index is 6.09. The third kappa shape index (κ3) is 2.20. The molecule has 0 saturated heterocycles. The Morgan fingerprint density at radius 2 is 2.31 bits per heavy atom. The van der Waals surface area contributed by atoms with Crippen LogP contribution in [0.25, 0.3) is 0 Å². The van der Waals surface area contributed by atoms with Gasteiger partial charge in [-0.2, -0.15) is 0 Å². The number of nitrogens with one attached hydrogen (secondary N) is 1. The second kappa shape index (κ2) is 4.92. The molecule has 0 aliphatic carbocycles. The zero-order valence-electron chi connectivity index (χ0n) is 8.88. The van der Waals surface area contributed by atoms with E-state index in [1.807, 2.05) is 20.0 Å². The number of hydrogen-bond acceptors (Lipinski definition) is 3. The van der Waals surface area contributed by atoms with E-state index >= 15 is 0 Å². The molecule has 1 atom stereocenters. The molecular formula is C11H11BrClNOS. The van der Waals surface area contributed by atoms with Crippen LogP contribution in [0.4, 0.5) is 0 Å². The number of rotatable bonds is 3. The van der Waals surface area contributed by atoms with E-state index < -0.39 is 0 Å². The maximum Gasteiger partial charge on any atom is 0.174 e. The highest BCUT2D eigenvalue weighted by molar-refractivity contribution is 9.10. The summed E-state index contributed by atoms with van der Waals surface area (Å²) < 4.78 is 6.85. The van der Waals surface area contributed by atoms with Crippen LogP contribution in [0.1, 0.15) is 22.0 Å². The molecule has 0 aromatic carbocycles. The van der Waals surface area contributed by atoms with E-state index in [4.69, 9.17) is 16.0 Å². The quantitative estimate of drug-likeness (QED) is 0.908. The van der Waals surface area contributed by atoms with Crippen LogP contribution in [0.2, 0.25) is 4.34 Å². The van der Waals surface area contributed by atoms with Crippen molar-refractivity contribution in [3.05, 3.63) is 43.4 Å². The molecule has 1 unspecified atom stereocenters. The molecule has 0 radical (unpaired) electrons. The van der Waals surface area contributed by atoms with Crippen LogP contribution in [-0.4, -0.2) is 7.05 Å². The second-order valence-electron chi connectivity index (χ2n) is 3.48. The summed E-state index contributed by atoms with van der Waals surface area (Å²) in [5, 5.41) is 3.26. The van der Waals surface area contributed by atoms with Gasteiger partial charge >= 0.3 is 0 Å². The number of furan rings is 1. The number of thiophene rings is 1. The molecule has 1 N–H and O–H groups in total. The molecule has 0 aliphatic rings. The summed E-state index contributed by atoms with van der Waals surface area (Å²) in [6.07, 6.45) is 1.67. The highest BCUT2D eigenvalue weighted by Gasteiger charge is 2.19.